The molecule has 5 nitrogen and oxygen atoms in total. The standard InChI is InChI=1S/C18H20N2O3/c1-12-16(19-13(2)21)5-4-6-17(12)20-18(22)15-9-7-14(8-10-15)11-23-3/h4-10H,11H2,1-3H3,(H,19,21)(H,20,22). The van der Waals surface area contributed by atoms with Crippen LogP contribution >= 0.6 is 0 Å². The predicted octanol–water partition coefficient (Wildman–Crippen LogP) is 3.35. The molecule has 0 saturated heterocycles. The highest BCUT2D eigenvalue weighted by molar-refractivity contribution is 6.05. The van der Waals surface area contributed by atoms with Crippen molar-refractivity contribution in [3.05, 3.63) is 59.2 Å². The molecule has 0 aromatic heterocycles. The van der Waals surface area contributed by atoms with Crippen LogP contribution < -0.4 is 10.6 Å². The van der Waals surface area contributed by atoms with Crippen LogP contribution in [0.4, 0.5) is 11.4 Å². The Morgan fingerprint density at radius 3 is 2.17 bits per heavy atom. The summed E-state index contributed by atoms with van der Waals surface area (Å²) in [5, 5.41) is 5.61. The first-order chi connectivity index (χ1) is 11.0. The number of amides is 2. The number of carbonyl (C=O) groups excluding carboxylic acids is 2. The fourth-order valence-electron chi connectivity index (χ4n) is 2.21. The summed E-state index contributed by atoms with van der Waals surface area (Å²) in [4.78, 5) is 23.5. The van der Waals surface area contributed by atoms with E-state index in [1.807, 2.05) is 19.1 Å². The maximum absolute atomic E-state index is 12.3. The molecule has 5 heteroatoms. The second-order valence-electron chi connectivity index (χ2n) is 5.24. The molecular weight excluding hydrogens is 292 g/mol. The lowest BCUT2D eigenvalue weighted by atomic mass is 10.1. The second kappa shape index (κ2) is 7.56. The van der Waals surface area contributed by atoms with Gasteiger partial charge in [-0.1, -0.05) is 18.2 Å². The number of anilines is 2. The van der Waals surface area contributed by atoms with Crippen molar-refractivity contribution in [3.63, 3.8) is 0 Å². The third-order valence-corrected chi connectivity index (χ3v) is 3.42. The Morgan fingerprint density at radius 2 is 1.61 bits per heavy atom. The van der Waals surface area contributed by atoms with Gasteiger partial charge in [-0.05, 0) is 42.3 Å². The molecule has 0 unspecified atom stereocenters. The van der Waals surface area contributed by atoms with E-state index in [0.717, 1.165) is 11.1 Å². The van der Waals surface area contributed by atoms with Crippen molar-refractivity contribution in [3.8, 4) is 0 Å². The van der Waals surface area contributed by atoms with Crippen LogP contribution in [0.25, 0.3) is 0 Å². The van der Waals surface area contributed by atoms with Gasteiger partial charge in [0, 0.05) is 31.0 Å². The van der Waals surface area contributed by atoms with Crippen LogP contribution in [0.3, 0.4) is 0 Å². The molecule has 120 valence electrons. The van der Waals surface area contributed by atoms with Gasteiger partial charge in [0.15, 0.2) is 0 Å². The summed E-state index contributed by atoms with van der Waals surface area (Å²) in [6.45, 7) is 3.81. The molecule has 0 bridgehead atoms. The molecule has 2 amide bonds. The molecule has 0 aliphatic heterocycles. The van der Waals surface area contributed by atoms with Crippen molar-refractivity contribution >= 4 is 23.2 Å². The zero-order valence-electron chi connectivity index (χ0n) is 13.5. The lowest BCUT2D eigenvalue weighted by Crippen LogP contribution is -2.14. The van der Waals surface area contributed by atoms with Crippen LogP contribution in [-0.2, 0) is 16.1 Å². The molecule has 0 aliphatic rings. The van der Waals surface area contributed by atoms with E-state index in [2.05, 4.69) is 10.6 Å². The van der Waals surface area contributed by atoms with Gasteiger partial charge < -0.3 is 15.4 Å². The summed E-state index contributed by atoms with van der Waals surface area (Å²) in [5.41, 5.74) is 3.74. The fraction of sp³-hybridized carbons (Fsp3) is 0.222. The van der Waals surface area contributed by atoms with Crippen molar-refractivity contribution in [1.82, 2.24) is 0 Å². The summed E-state index contributed by atoms with van der Waals surface area (Å²) in [6.07, 6.45) is 0. The van der Waals surface area contributed by atoms with Gasteiger partial charge in [0.25, 0.3) is 5.91 Å². The molecule has 0 saturated carbocycles. The highest BCUT2D eigenvalue weighted by Crippen LogP contribution is 2.24. The molecule has 0 aliphatic carbocycles. The number of ether oxygens (including phenoxy) is 1. The van der Waals surface area contributed by atoms with Gasteiger partial charge in [0.1, 0.15) is 0 Å². The van der Waals surface area contributed by atoms with E-state index in [4.69, 9.17) is 4.74 Å². The monoisotopic (exact) mass is 312 g/mol. The summed E-state index contributed by atoms with van der Waals surface area (Å²) < 4.78 is 5.05. The molecule has 2 rings (SSSR count). The zero-order valence-corrected chi connectivity index (χ0v) is 13.5. The minimum atomic E-state index is -0.197. The smallest absolute Gasteiger partial charge is 0.255 e. The molecule has 2 N–H and O–H groups in total. The second-order valence-corrected chi connectivity index (χ2v) is 5.24. The Morgan fingerprint density at radius 1 is 1.00 bits per heavy atom. The SMILES string of the molecule is COCc1ccc(C(=O)Nc2cccc(NC(C)=O)c2C)cc1. The summed E-state index contributed by atoms with van der Waals surface area (Å²) >= 11 is 0. The Balaban J connectivity index is 2.15. The Bertz CT molecular complexity index is 709. The molecule has 2 aromatic rings. The van der Waals surface area contributed by atoms with Crippen molar-refractivity contribution in [2.24, 2.45) is 0 Å². The van der Waals surface area contributed by atoms with Gasteiger partial charge in [0.2, 0.25) is 5.91 Å². The maximum atomic E-state index is 12.3. The first-order valence-electron chi connectivity index (χ1n) is 7.27. The minimum absolute atomic E-state index is 0.148. The van der Waals surface area contributed by atoms with Crippen molar-refractivity contribution in [2.45, 2.75) is 20.5 Å². The summed E-state index contributed by atoms with van der Waals surface area (Å²) in [7, 11) is 1.63. The van der Waals surface area contributed by atoms with E-state index in [1.54, 1.807) is 37.4 Å². The Hall–Kier alpha value is -2.66. The van der Waals surface area contributed by atoms with Gasteiger partial charge in [-0.25, -0.2) is 0 Å². The number of methoxy groups -OCH3 is 1. The van der Waals surface area contributed by atoms with Crippen molar-refractivity contribution in [2.75, 3.05) is 17.7 Å². The van der Waals surface area contributed by atoms with Gasteiger partial charge in [-0.3, -0.25) is 9.59 Å². The summed E-state index contributed by atoms with van der Waals surface area (Å²) in [5.74, 6) is -0.345. The van der Waals surface area contributed by atoms with E-state index in [-0.39, 0.29) is 11.8 Å². The zero-order chi connectivity index (χ0) is 16.8. The first kappa shape index (κ1) is 16.7. The average Bonchev–Trinajstić information content (AvgIpc) is 2.52. The number of rotatable bonds is 5. The molecule has 0 heterocycles. The van der Waals surface area contributed by atoms with E-state index in [0.29, 0.717) is 23.5 Å². The van der Waals surface area contributed by atoms with Crippen LogP contribution in [-0.4, -0.2) is 18.9 Å². The quantitative estimate of drug-likeness (QED) is 0.889. The lowest BCUT2D eigenvalue weighted by Gasteiger charge is -2.13. The number of nitrogens with one attached hydrogen (secondary N) is 2. The molecule has 0 radical (unpaired) electrons. The Labute approximate surface area is 135 Å². The van der Waals surface area contributed by atoms with Crippen molar-refractivity contribution < 1.29 is 14.3 Å². The number of hydrogen-bond donors (Lipinski definition) is 2. The van der Waals surface area contributed by atoms with E-state index < -0.39 is 0 Å². The highest BCUT2D eigenvalue weighted by atomic mass is 16.5. The van der Waals surface area contributed by atoms with Crippen LogP contribution in [0.2, 0.25) is 0 Å². The van der Waals surface area contributed by atoms with Gasteiger partial charge in [-0.15, -0.1) is 0 Å². The van der Waals surface area contributed by atoms with Crippen LogP contribution in [0, 0.1) is 6.92 Å². The number of benzene rings is 2. The van der Waals surface area contributed by atoms with Crippen molar-refractivity contribution in [1.29, 1.82) is 0 Å². The van der Waals surface area contributed by atoms with Gasteiger partial charge in [0.05, 0.1) is 6.61 Å². The van der Waals surface area contributed by atoms with E-state index in [9.17, 15) is 9.59 Å². The molecular formula is C18H20N2O3. The third-order valence-electron chi connectivity index (χ3n) is 3.42. The maximum Gasteiger partial charge on any atom is 0.255 e. The number of carbonyl (C=O) groups is 2. The van der Waals surface area contributed by atoms with Crippen LogP contribution in [0.1, 0.15) is 28.4 Å². The fourth-order valence-corrected chi connectivity index (χ4v) is 2.21. The Kier molecular flexibility index (Phi) is 5.49. The molecule has 0 fully saturated rings. The topological polar surface area (TPSA) is 67.4 Å². The molecule has 0 spiro atoms. The van der Waals surface area contributed by atoms with E-state index >= 15 is 0 Å². The molecule has 2 aromatic carbocycles. The predicted molar refractivity (Wildman–Crippen MR) is 90.6 cm³/mol. The number of hydrogen-bond acceptors (Lipinski definition) is 3. The largest absolute Gasteiger partial charge is 0.380 e. The molecule has 0 atom stereocenters. The van der Waals surface area contributed by atoms with Crippen LogP contribution in [0.5, 0.6) is 0 Å². The van der Waals surface area contributed by atoms with E-state index in [1.165, 1.54) is 6.92 Å². The minimum Gasteiger partial charge on any atom is -0.380 e. The lowest BCUT2D eigenvalue weighted by molar-refractivity contribution is -0.114. The third kappa shape index (κ3) is 4.40. The van der Waals surface area contributed by atoms with Crippen LogP contribution in [0.15, 0.2) is 42.5 Å². The first-order valence-corrected chi connectivity index (χ1v) is 7.27. The van der Waals surface area contributed by atoms with Gasteiger partial charge in [-0.2, -0.15) is 0 Å². The molecule has 23 heavy (non-hydrogen) atoms. The van der Waals surface area contributed by atoms with Gasteiger partial charge >= 0.3 is 0 Å². The highest BCUT2D eigenvalue weighted by Gasteiger charge is 2.10. The average molecular weight is 312 g/mol. The summed E-state index contributed by atoms with van der Waals surface area (Å²) in [6, 6.07) is 12.6. The normalized spacial score (nSPS) is 10.2.